The number of piperidine rings is 1. The fourth-order valence-electron chi connectivity index (χ4n) is 3.75. The number of thiazole rings is 1. The Morgan fingerprint density at radius 2 is 2.07 bits per heavy atom. The number of hydrogen-bond donors (Lipinski definition) is 1. The quantitative estimate of drug-likeness (QED) is 0.650. The van der Waals surface area contributed by atoms with E-state index in [0.29, 0.717) is 6.04 Å². The zero-order chi connectivity index (χ0) is 18.5. The predicted octanol–water partition coefficient (Wildman–Crippen LogP) is 5.05. The number of nitrogens with zero attached hydrogens (tertiary/aromatic N) is 2. The number of ether oxygens (including phenoxy) is 1. The third-order valence-electron chi connectivity index (χ3n) is 5.12. The molecule has 0 saturated carbocycles. The second-order valence-corrected chi connectivity index (χ2v) is 7.71. The molecule has 4 nitrogen and oxygen atoms in total. The summed E-state index contributed by atoms with van der Waals surface area (Å²) in [5.74, 6) is 0.913. The summed E-state index contributed by atoms with van der Waals surface area (Å²) in [5.41, 5.74) is 7.35. The van der Waals surface area contributed by atoms with Crippen molar-refractivity contribution >= 4 is 11.3 Å². The maximum Gasteiger partial charge on any atom is 0.123 e. The first-order chi connectivity index (χ1) is 13.3. The SMILES string of the molecule is COc1ccc(-c2nccs2)cc1CNN1CCCCC1c1ccccc1. The molecule has 27 heavy (non-hydrogen) atoms. The van der Waals surface area contributed by atoms with Crippen LogP contribution < -0.4 is 10.2 Å². The molecule has 2 heterocycles. The Balaban J connectivity index is 1.52. The van der Waals surface area contributed by atoms with Crippen LogP contribution in [-0.2, 0) is 6.54 Å². The minimum Gasteiger partial charge on any atom is -0.496 e. The highest BCUT2D eigenvalue weighted by Gasteiger charge is 2.23. The lowest BCUT2D eigenvalue weighted by Crippen LogP contribution is -2.43. The van der Waals surface area contributed by atoms with Crippen LogP contribution in [0.4, 0.5) is 0 Å². The van der Waals surface area contributed by atoms with Crippen molar-refractivity contribution in [3.05, 3.63) is 71.2 Å². The molecule has 0 radical (unpaired) electrons. The summed E-state index contributed by atoms with van der Waals surface area (Å²) in [6.07, 6.45) is 5.54. The monoisotopic (exact) mass is 379 g/mol. The summed E-state index contributed by atoms with van der Waals surface area (Å²) in [7, 11) is 1.73. The number of methoxy groups -OCH3 is 1. The summed E-state index contributed by atoms with van der Waals surface area (Å²) >= 11 is 1.66. The van der Waals surface area contributed by atoms with E-state index in [-0.39, 0.29) is 0 Å². The second kappa shape index (κ2) is 8.65. The minimum absolute atomic E-state index is 0.424. The number of benzene rings is 2. The number of nitrogens with one attached hydrogen (secondary N) is 1. The molecule has 0 amide bonds. The normalized spacial score (nSPS) is 17.7. The summed E-state index contributed by atoms with van der Waals surface area (Å²) in [6.45, 7) is 1.81. The van der Waals surface area contributed by atoms with E-state index >= 15 is 0 Å². The van der Waals surface area contributed by atoms with Crippen LogP contribution in [0, 0.1) is 0 Å². The van der Waals surface area contributed by atoms with Crippen molar-refractivity contribution in [2.45, 2.75) is 31.8 Å². The average Bonchev–Trinajstić information content (AvgIpc) is 3.28. The van der Waals surface area contributed by atoms with Crippen LogP contribution in [0.25, 0.3) is 10.6 Å². The van der Waals surface area contributed by atoms with E-state index < -0.39 is 0 Å². The molecule has 1 atom stereocenters. The number of hydrazine groups is 1. The molecule has 1 aromatic heterocycles. The molecule has 1 aliphatic rings. The van der Waals surface area contributed by atoms with Crippen LogP contribution in [0.1, 0.15) is 36.4 Å². The van der Waals surface area contributed by atoms with Gasteiger partial charge in [0.25, 0.3) is 0 Å². The molecule has 2 aromatic carbocycles. The lowest BCUT2D eigenvalue weighted by Gasteiger charge is -2.36. The zero-order valence-corrected chi connectivity index (χ0v) is 16.4. The Bertz CT molecular complexity index is 851. The third-order valence-corrected chi connectivity index (χ3v) is 5.94. The number of rotatable bonds is 6. The molecule has 1 fully saturated rings. The summed E-state index contributed by atoms with van der Waals surface area (Å²) < 4.78 is 5.59. The lowest BCUT2D eigenvalue weighted by atomic mass is 9.97. The number of aromatic nitrogens is 1. The van der Waals surface area contributed by atoms with Gasteiger partial charge in [-0.25, -0.2) is 9.99 Å². The molecule has 0 spiro atoms. The van der Waals surface area contributed by atoms with Crippen LogP contribution in [0.3, 0.4) is 0 Å². The summed E-state index contributed by atoms with van der Waals surface area (Å²) in [5, 5.41) is 5.45. The Morgan fingerprint density at radius 1 is 1.19 bits per heavy atom. The standard InChI is InChI=1S/C22H25N3OS/c1-26-21-11-10-18(22-23-12-14-27-22)15-19(21)16-24-25-13-6-5-9-20(25)17-7-3-2-4-8-17/h2-4,7-8,10-12,14-15,20,24H,5-6,9,13,16H2,1H3. The Morgan fingerprint density at radius 3 is 2.85 bits per heavy atom. The Kier molecular flexibility index (Phi) is 5.82. The highest BCUT2D eigenvalue weighted by atomic mass is 32.1. The van der Waals surface area contributed by atoms with Crippen molar-refractivity contribution in [3.8, 4) is 16.3 Å². The van der Waals surface area contributed by atoms with Gasteiger partial charge < -0.3 is 4.74 Å². The Hall–Kier alpha value is -2.21. The van der Waals surface area contributed by atoms with E-state index in [0.717, 1.165) is 35.0 Å². The van der Waals surface area contributed by atoms with Crippen LogP contribution in [0.15, 0.2) is 60.1 Å². The maximum absolute atomic E-state index is 5.59. The van der Waals surface area contributed by atoms with Crippen LogP contribution >= 0.6 is 11.3 Å². The average molecular weight is 380 g/mol. The predicted molar refractivity (Wildman–Crippen MR) is 111 cm³/mol. The molecule has 0 bridgehead atoms. The minimum atomic E-state index is 0.424. The van der Waals surface area contributed by atoms with Gasteiger partial charge in [0, 0.05) is 41.8 Å². The van der Waals surface area contributed by atoms with Gasteiger partial charge in [0.05, 0.1) is 7.11 Å². The van der Waals surface area contributed by atoms with Gasteiger partial charge in [0.15, 0.2) is 0 Å². The molecule has 1 N–H and O–H groups in total. The smallest absolute Gasteiger partial charge is 0.123 e. The van der Waals surface area contributed by atoms with Gasteiger partial charge in [-0.1, -0.05) is 36.8 Å². The molecular formula is C22H25N3OS. The topological polar surface area (TPSA) is 37.4 Å². The van der Waals surface area contributed by atoms with E-state index in [1.807, 2.05) is 17.6 Å². The summed E-state index contributed by atoms with van der Waals surface area (Å²) in [4.78, 5) is 4.43. The maximum atomic E-state index is 5.59. The highest BCUT2D eigenvalue weighted by molar-refractivity contribution is 7.13. The van der Waals surface area contributed by atoms with Gasteiger partial charge in [-0.3, -0.25) is 5.43 Å². The van der Waals surface area contributed by atoms with Gasteiger partial charge in [-0.15, -0.1) is 11.3 Å². The number of hydrogen-bond acceptors (Lipinski definition) is 5. The first-order valence-electron chi connectivity index (χ1n) is 9.47. The van der Waals surface area contributed by atoms with E-state index in [2.05, 4.69) is 57.9 Å². The third kappa shape index (κ3) is 4.21. The molecule has 3 aromatic rings. The first-order valence-corrected chi connectivity index (χ1v) is 10.3. The molecule has 1 saturated heterocycles. The van der Waals surface area contributed by atoms with Gasteiger partial charge >= 0.3 is 0 Å². The Labute approximate surface area is 164 Å². The fraction of sp³-hybridized carbons (Fsp3) is 0.318. The lowest BCUT2D eigenvalue weighted by molar-refractivity contribution is 0.0822. The first kappa shape index (κ1) is 18.2. The summed E-state index contributed by atoms with van der Waals surface area (Å²) in [6, 6.07) is 17.5. The zero-order valence-electron chi connectivity index (χ0n) is 15.6. The van der Waals surface area contributed by atoms with E-state index in [4.69, 9.17) is 4.74 Å². The van der Waals surface area contributed by atoms with Crippen molar-refractivity contribution < 1.29 is 4.74 Å². The highest BCUT2D eigenvalue weighted by Crippen LogP contribution is 2.31. The molecule has 140 valence electrons. The van der Waals surface area contributed by atoms with E-state index in [1.54, 1.807) is 18.4 Å². The molecule has 4 rings (SSSR count). The van der Waals surface area contributed by atoms with Gasteiger partial charge in [-0.2, -0.15) is 0 Å². The van der Waals surface area contributed by atoms with Crippen LogP contribution in [0.2, 0.25) is 0 Å². The largest absolute Gasteiger partial charge is 0.496 e. The van der Waals surface area contributed by atoms with Crippen molar-refractivity contribution in [3.63, 3.8) is 0 Å². The van der Waals surface area contributed by atoms with Gasteiger partial charge in [-0.05, 0) is 36.6 Å². The van der Waals surface area contributed by atoms with E-state index in [1.165, 1.54) is 24.8 Å². The molecule has 1 aliphatic heterocycles. The van der Waals surface area contributed by atoms with E-state index in [9.17, 15) is 0 Å². The molecule has 1 unspecified atom stereocenters. The second-order valence-electron chi connectivity index (χ2n) is 6.81. The van der Waals surface area contributed by atoms with Crippen LogP contribution in [0.5, 0.6) is 5.75 Å². The molecule has 0 aliphatic carbocycles. The van der Waals surface area contributed by atoms with Crippen molar-refractivity contribution in [1.29, 1.82) is 0 Å². The molecule has 5 heteroatoms. The van der Waals surface area contributed by atoms with Gasteiger partial charge in [0.2, 0.25) is 0 Å². The van der Waals surface area contributed by atoms with Crippen molar-refractivity contribution in [1.82, 2.24) is 15.4 Å². The molecular weight excluding hydrogens is 354 g/mol. The van der Waals surface area contributed by atoms with Crippen LogP contribution in [-0.4, -0.2) is 23.6 Å². The van der Waals surface area contributed by atoms with Crippen molar-refractivity contribution in [2.75, 3.05) is 13.7 Å². The fourth-order valence-corrected chi connectivity index (χ4v) is 4.38. The van der Waals surface area contributed by atoms with Gasteiger partial charge in [0.1, 0.15) is 10.8 Å². The van der Waals surface area contributed by atoms with Crippen molar-refractivity contribution in [2.24, 2.45) is 0 Å².